The van der Waals surface area contributed by atoms with Crippen molar-refractivity contribution in [3.63, 3.8) is 0 Å². The van der Waals surface area contributed by atoms with Gasteiger partial charge in [0, 0.05) is 38.0 Å². The molecular weight excluding hydrogens is 232 g/mol. The Morgan fingerprint density at radius 3 is 2.61 bits per heavy atom. The molecule has 2 amide bonds. The molecule has 0 spiro atoms. The summed E-state index contributed by atoms with van der Waals surface area (Å²) in [6.45, 7) is 4.88. The van der Waals surface area contributed by atoms with Crippen molar-refractivity contribution in [2.24, 2.45) is 17.8 Å². The summed E-state index contributed by atoms with van der Waals surface area (Å²) in [4.78, 5) is 27.9. The Kier molecular flexibility index (Phi) is 2.81. The zero-order chi connectivity index (χ0) is 12.9. The van der Waals surface area contributed by atoms with E-state index in [4.69, 9.17) is 0 Å². The van der Waals surface area contributed by atoms with E-state index in [-0.39, 0.29) is 29.8 Å². The molecule has 3 fully saturated rings. The lowest BCUT2D eigenvalue weighted by molar-refractivity contribution is -0.142. The number of amides is 2. The maximum absolute atomic E-state index is 12.2. The van der Waals surface area contributed by atoms with Gasteiger partial charge < -0.3 is 14.9 Å². The van der Waals surface area contributed by atoms with Gasteiger partial charge in [-0.25, -0.2) is 0 Å². The van der Waals surface area contributed by atoms with Gasteiger partial charge >= 0.3 is 0 Å². The summed E-state index contributed by atoms with van der Waals surface area (Å²) in [5.41, 5.74) is 0. The summed E-state index contributed by atoms with van der Waals surface area (Å²) in [5.74, 6) is 0.707. The average molecular weight is 252 g/mol. The first-order valence-electron chi connectivity index (χ1n) is 6.85. The third-order valence-corrected chi connectivity index (χ3v) is 4.68. The molecule has 0 aromatic heterocycles. The lowest BCUT2D eigenvalue weighted by atomic mass is 9.81. The quantitative estimate of drug-likeness (QED) is 0.733. The van der Waals surface area contributed by atoms with Crippen LogP contribution >= 0.6 is 0 Å². The van der Waals surface area contributed by atoms with Crippen molar-refractivity contribution in [3.05, 3.63) is 0 Å². The highest BCUT2D eigenvalue weighted by atomic mass is 16.3. The standard InChI is InChI=1S/C13H20N2O3/c1-2-14-5-9-6-15(7-11(9)13(14)18)12(17)8-3-10(16)4-8/h8-11,16H,2-7H2,1H3/t8?,9-,10?,11+/m1/s1. The van der Waals surface area contributed by atoms with Gasteiger partial charge in [-0.1, -0.05) is 0 Å². The molecule has 2 heterocycles. The molecule has 1 N–H and O–H groups in total. The first kappa shape index (κ1) is 12.0. The SMILES string of the molecule is CCN1C[C@@H]2CN(C(=O)C3CC(O)C3)C[C@@H]2C1=O. The molecule has 100 valence electrons. The van der Waals surface area contributed by atoms with E-state index in [1.165, 1.54) is 0 Å². The Labute approximate surface area is 107 Å². The van der Waals surface area contributed by atoms with Crippen LogP contribution in [0.25, 0.3) is 0 Å². The summed E-state index contributed by atoms with van der Waals surface area (Å²) in [7, 11) is 0. The Hall–Kier alpha value is -1.10. The predicted molar refractivity (Wildman–Crippen MR) is 64.5 cm³/mol. The van der Waals surface area contributed by atoms with Crippen molar-refractivity contribution in [3.8, 4) is 0 Å². The van der Waals surface area contributed by atoms with Gasteiger partial charge in [-0.15, -0.1) is 0 Å². The minimum atomic E-state index is -0.293. The lowest BCUT2D eigenvalue weighted by Gasteiger charge is -2.33. The monoisotopic (exact) mass is 252 g/mol. The van der Waals surface area contributed by atoms with Crippen LogP contribution < -0.4 is 0 Å². The molecule has 3 rings (SSSR count). The van der Waals surface area contributed by atoms with Crippen LogP contribution in [0.3, 0.4) is 0 Å². The first-order valence-corrected chi connectivity index (χ1v) is 6.85. The van der Waals surface area contributed by atoms with E-state index in [1.807, 2.05) is 16.7 Å². The second-order valence-corrected chi connectivity index (χ2v) is 5.81. The van der Waals surface area contributed by atoms with Crippen molar-refractivity contribution in [1.29, 1.82) is 0 Å². The van der Waals surface area contributed by atoms with Crippen molar-refractivity contribution in [2.45, 2.75) is 25.9 Å². The second kappa shape index (κ2) is 4.23. The van der Waals surface area contributed by atoms with Crippen molar-refractivity contribution < 1.29 is 14.7 Å². The highest BCUT2D eigenvalue weighted by Gasteiger charge is 2.48. The highest BCUT2D eigenvalue weighted by Crippen LogP contribution is 2.35. The summed E-state index contributed by atoms with van der Waals surface area (Å²) in [6, 6.07) is 0. The number of carbonyl (C=O) groups is 2. The van der Waals surface area contributed by atoms with Crippen LogP contribution in [-0.4, -0.2) is 59.0 Å². The molecule has 3 aliphatic rings. The number of likely N-dealkylation sites (tertiary alicyclic amines) is 2. The van der Waals surface area contributed by atoms with Gasteiger partial charge in [0.05, 0.1) is 12.0 Å². The fraction of sp³-hybridized carbons (Fsp3) is 0.846. The average Bonchev–Trinajstić information content (AvgIpc) is 2.84. The first-order chi connectivity index (χ1) is 8.60. The number of hydrogen-bond donors (Lipinski definition) is 1. The Morgan fingerprint density at radius 2 is 2.06 bits per heavy atom. The number of carbonyl (C=O) groups excluding carboxylic acids is 2. The van der Waals surface area contributed by atoms with Crippen LogP contribution in [0, 0.1) is 17.8 Å². The highest BCUT2D eigenvalue weighted by molar-refractivity contribution is 5.85. The van der Waals surface area contributed by atoms with Crippen LogP contribution in [0.1, 0.15) is 19.8 Å². The Bertz CT molecular complexity index is 378. The minimum Gasteiger partial charge on any atom is -0.393 e. The maximum atomic E-state index is 12.2. The van der Waals surface area contributed by atoms with E-state index in [1.54, 1.807) is 0 Å². The molecule has 5 heteroatoms. The molecule has 2 aliphatic heterocycles. The second-order valence-electron chi connectivity index (χ2n) is 5.81. The van der Waals surface area contributed by atoms with E-state index < -0.39 is 0 Å². The van der Waals surface area contributed by atoms with Crippen molar-refractivity contribution in [1.82, 2.24) is 9.80 Å². The number of rotatable bonds is 2. The molecule has 2 atom stereocenters. The van der Waals surface area contributed by atoms with Crippen LogP contribution in [0.5, 0.6) is 0 Å². The van der Waals surface area contributed by atoms with Crippen LogP contribution in [0.2, 0.25) is 0 Å². The number of aliphatic hydroxyl groups is 1. The lowest BCUT2D eigenvalue weighted by Crippen LogP contribution is -2.44. The summed E-state index contributed by atoms with van der Waals surface area (Å²) in [6.07, 6.45) is 0.901. The van der Waals surface area contributed by atoms with Crippen LogP contribution in [0.4, 0.5) is 0 Å². The summed E-state index contributed by atoms with van der Waals surface area (Å²) < 4.78 is 0. The van der Waals surface area contributed by atoms with Gasteiger partial charge in [0.2, 0.25) is 11.8 Å². The molecule has 1 saturated carbocycles. The third-order valence-electron chi connectivity index (χ3n) is 4.68. The minimum absolute atomic E-state index is 0.00351. The molecule has 5 nitrogen and oxygen atoms in total. The molecule has 0 unspecified atom stereocenters. The molecule has 1 aliphatic carbocycles. The van der Waals surface area contributed by atoms with Gasteiger partial charge in [0.25, 0.3) is 0 Å². The normalized spacial score (nSPS) is 38.9. The molecule has 2 saturated heterocycles. The topological polar surface area (TPSA) is 60.9 Å². The molecule has 0 aromatic carbocycles. The van der Waals surface area contributed by atoms with Crippen molar-refractivity contribution >= 4 is 11.8 Å². The van der Waals surface area contributed by atoms with Crippen molar-refractivity contribution in [2.75, 3.05) is 26.2 Å². The van der Waals surface area contributed by atoms with Crippen LogP contribution in [-0.2, 0) is 9.59 Å². The Balaban J connectivity index is 1.60. The molecule has 0 radical (unpaired) electrons. The number of nitrogens with zero attached hydrogens (tertiary/aromatic N) is 2. The van der Waals surface area contributed by atoms with E-state index in [0.29, 0.717) is 25.3 Å². The fourth-order valence-electron chi connectivity index (χ4n) is 3.46. The van der Waals surface area contributed by atoms with Gasteiger partial charge in [-0.2, -0.15) is 0 Å². The molecule has 0 bridgehead atoms. The van der Waals surface area contributed by atoms with E-state index in [2.05, 4.69) is 0 Å². The molecular formula is C13H20N2O3. The molecule has 0 aromatic rings. The summed E-state index contributed by atoms with van der Waals surface area (Å²) in [5, 5.41) is 9.25. The third kappa shape index (κ3) is 1.72. The van der Waals surface area contributed by atoms with Gasteiger partial charge in [-0.3, -0.25) is 9.59 Å². The van der Waals surface area contributed by atoms with E-state index in [9.17, 15) is 14.7 Å². The van der Waals surface area contributed by atoms with E-state index in [0.717, 1.165) is 19.6 Å². The number of hydrogen-bond acceptors (Lipinski definition) is 3. The van der Waals surface area contributed by atoms with Gasteiger partial charge in [0.1, 0.15) is 0 Å². The maximum Gasteiger partial charge on any atom is 0.227 e. The number of aliphatic hydroxyl groups excluding tert-OH is 1. The summed E-state index contributed by atoms with van der Waals surface area (Å²) >= 11 is 0. The fourth-order valence-corrected chi connectivity index (χ4v) is 3.46. The zero-order valence-corrected chi connectivity index (χ0v) is 10.7. The predicted octanol–water partition coefficient (Wildman–Crippen LogP) is -0.306. The Morgan fingerprint density at radius 1 is 1.33 bits per heavy atom. The van der Waals surface area contributed by atoms with Gasteiger partial charge in [0.15, 0.2) is 0 Å². The smallest absolute Gasteiger partial charge is 0.227 e. The number of fused-ring (bicyclic) bond motifs is 1. The zero-order valence-electron chi connectivity index (χ0n) is 10.7. The van der Waals surface area contributed by atoms with Gasteiger partial charge in [-0.05, 0) is 19.8 Å². The largest absolute Gasteiger partial charge is 0.393 e. The van der Waals surface area contributed by atoms with Crippen LogP contribution in [0.15, 0.2) is 0 Å². The van der Waals surface area contributed by atoms with E-state index >= 15 is 0 Å². The molecule has 18 heavy (non-hydrogen) atoms.